The van der Waals surface area contributed by atoms with Crippen LogP contribution in [0, 0.1) is 0 Å². The first-order chi connectivity index (χ1) is 15.2. The van der Waals surface area contributed by atoms with Gasteiger partial charge in [-0.25, -0.2) is 0 Å². The van der Waals surface area contributed by atoms with Gasteiger partial charge in [-0.3, -0.25) is 0 Å². The predicted octanol–water partition coefficient (Wildman–Crippen LogP) is 2.68. The first-order valence-corrected chi connectivity index (χ1v) is 12.1. The Balaban J connectivity index is 1.62. The van der Waals surface area contributed by atoms with Crippen LogP contribution >= 0.6 is 11.6 Å². The minimum atomic E-state index is -0.841. The summed E-state index contributed by atoms with van der Waals surface area (Å²) in [5.74, 6) is -0.923. The third kappa shape index (κ3) is 5.22. The molecular weight excluding hydrogens is 489 g/mol. The number of halogens is 1. The molecule has 0 N–H and O–H groups in total. The molecule has 2 aromatic carbocycles. The molecule has 0 unspecified atom stereocenters. The van der Waals surface area contributed by atoms with E-state index in [9.17, 15) is 10.3 Å². The average Bonchev–Trinajstić information content (AvgIpc) is 2.82. The molecule has 2 saturated heterocycles. The van der Waals surface area contributed by atoms with Crippen LogP contribution in [-0.2, 0) is 23.7 Å². The molecule has 0 radical (unpaired) electrons. The summed E-state index contributed by atoms with van der Waals surface area (Å²) in [7, 11) is 0. The van der Waals surface area contributed by atoms with Crippen LogP contribution in [0.1, 0.15) is 11.9 Å². The number of esters is 1. The Labute approximate surface area is 190 Å². The van der Waals surface area contributed by atoms with Gasteiger partial charge in [0.15, 0.2) is 0 Å². The molecule has 8 nitrogen and oxygen atoms in total. The summed E-state index contributed by atoms with van der Waals surface area (Å²) in [6.45, 7) is 0.253. The number of rotatable bonds is 6. The van der Waals surface area contributed by atoms with Crippen LogP contribution in [0.3, 0.4) is 0 Å². The fourth-order valence-electron chi connectivity index (χ4n) is 3.57. The standard InChI is InChI=1S/C21H20ClN3O5Se/c22-11-16(26)29-19-17(24-25-23)21(31-14-9-5-2-6-10-14)28-15-12-27-20(30-18(15)19)13-7-3-1-4-8-13/h1-10,15,17-21H,11-12H2/t15-,17-,18+,19-,20+,21-/m1/s1. The van der Waals surface area contributed by atoms with Crippen molar-refractivity contribution in [2.45, 2.75) is 35.6 Å². The van der Waals surface area contributed by atoms with Crippen molar-refractivity contribution >= 4 is 37.0 Å². The fraction of sp³-hybridized carbons (Fsp3) is 0.381. The van der Waals surface area contributed by atoms with Gasteiger partial charge < -0.3 is 0 Å². The molecule has 0 saturated carbocycles. The molecule has 0 aromatic heterocycles. The molecule has 4 rings (SSSR count). The van der Waals surface area contributed by atoms with E-state index in [1.807, 2.05) is 60.7 Å². The van der Waals surface area contributed by atoms with Crippen molar-refractivity contribution in [3.05, 3.63) is 76.7 Å². The zero-order valence-corrected chi connectivity index (χ0v) is 18.8. The summed E-state index contributed by atoms with van der Waals surface area (Å²) in [5, 5.41) is 3.49. The summed E-state index contributed by atoms with van der Waals surface area (Å²) in [6, 6.07) is 18.5. The van der Waals surface area contributed by atoms with Crippen LogP contribution in [0.25, 0.3) is 10.4 Å². The molecule has 2 aliphatic rings. The van der Waals surface area contributed by atoms with E-state index in [1.165, 1.54) is 0 Å². The molecule has 162 valence electrons. The van der Waals surface area contributed by atoms with Crippen LogP contribution < -0.4 is 4.46 Å². The van der Waals surface area contributed by atoms with Gasteiger partial charge in [0.05, 0.1) is 0 Å². The van der Waals surface area contributed by atoms with Crippen molar-refractivity contribution in [1.29, 1.82) is 0 Å². The molecule has 0 bridgehead atoms. The van der Waals surface area contributed by atoms with E-state index in [1.54, 1.807) is 0 Å². The first kappa shape index (κ1) is 22.1. The second kappa shape index (κ2) is 10.5. The maximum absolute atomic E-state index is 12.1. The van der Waals surface area contributed by atoms with Gasteiger partial charge >= 0.3 is 191 Å². The number of ether oxygens (including phenoxy) is 4. The van der Waals surface area contributed by atoms with E-state index in [0.717, 1.165) is 10.0 Å². The zero-order chi connectivity index (χ0) is 21.6. The second-order valence-electron chi connectivity index (χ2n) is 6.93. The van der Waals surface area contributed by atoms with Gasteiger partial charge in [-0.1, -0.05) is 0 Å². The number of nitrogens with zero attached hydrogens (tertiary/aromatic N) is 3. The summed E-state index contributed by atoms with van der Waals surface area (Å²) in [6.07, 6.45) is -2.63. The average molecular weight is 509 g/mol. The molecule has 2 heterocycles. The van der Waals surface area contributed by atoms with Crippen LogP contribution in [0.15, 0.2) is 65.8 Å². The van der Waals surface area contributed by atoms with Gasteiger partial charge in [0.2, 0.25) is 0 Å². The number of fused-ring (bicyclic) bond motifs is 1. The number of hydrogen-bond donors (Lipinski definition) is 0. The van der Waals surface area contributed by atoms with Gasteiger partial charge in [-0.2, -0.15) is 0 Å². The molecule has 0 aliphatic carbocycles. The van der Waals surface area contributed by atoms with E-state index in [-0.39, 0.29) is 27.4 Å². The fourth-order valence-corrected chi connectivity index (χ4v) is 6.00. The van der Waals surface area contributed by atoms with E-state index < -0.39 is 41.6 Å². The third-order valence-electron chi connectivity index (χ3n) is 4.94. The quantitative estimate of drug-likeness (QED) is 0.149. The Bertz CT molecular complexity index is 931. The topological polar surface area (TPSA) is 103 Å². The molecule has 2 fully saturated rings. The summed E-state index contributed by atoms with van der Waals surface area (Å²) in [4.78, 5) is 15.1. The van der Waals surface area contributed by atoms with Crippen molar-refractivity contribution in [2.75, 3.05) is 12.5 Å². The van der Waals surface area contributed by atoms with Crippen LogP contribution in [0.4, 0.5) is 0 Å². The second-order valence-corrected chi connectivity index (χ2v) is 9.66. The number of hydrogen-bond acceptors (Lipinski definition) is 6. The monoisotopic (exact) mass is 509 g/mol. The molecule has 10 heteroatoms. The van der Waals surface area contributed by atoms with E-state index in [4.69, 9.17) is 30.5 Å². The Morgan fingerprint density at radius 2 is 1.87 bits per heavy atom. The van der Waals surface area contributed by atoms with Crippen molar-refractivity contribution < 1.29 is 23.7 Å². The molecule has 0 amide bonds. The van der Waals surface area contributed by atoms with Crippen molar-refractivity contribution in [1.82, 2.24) is 0 Å². The van der Waals surface area contributed by atoms with Crippen LogP contribution in [0.2, 0.25) is 0 Å². The molecule has 2 aliphatic heterocycles. The van der Waals surface area contributed by atoms with Crippen molar-refractivity contribution in [3.63, 3.8) is 0 Å². The number of carbonyl (C=O) groups excluding carboxylic acids is 1. The first-order valence-electron chi connectivity index (χ1n) is 9.68. The Morgan fingerprint density at radius 3 is 2.55 bits per heavy atom. The van der Waals surface area contributed by atoms with Crippen LogP contribution in [0.5, 0.6) is 0 Å². The van der Waals surface area contributed by atoms with E-state index in [2.05, 4.69) is 10.0 Å². The Hall–Kier alpha value is -2.09. The normalized spacial score (nSPS) is 30.0. The summed E-state index contributed by atoms with van der Waals surface area (Å²) in [5.41, 5.74) is 10.0. The molecule has 2 aromatic rings. The number of carbonyl (C=O) groups is 1. The number of azide groups is 1. The Kier molecular flexibility index (Phi) is 7.48. The van der Waals surface area contributed by atoms with E-state index in [0.29, 0.717) is 0 Å². The van der Waals surface area contributed by atoms with Gasteiger partial charge in [-0.05, 0) is 0 Å². The number of benzene rings is 2. The summed E-state index contributed by atoms with van der Waals surface area (Å²) >= 11 is 5.49. The third-order valence-corrected chi connectivity index (χ3v) is 7.60. The van der Waals surface area contributed by atoms with E-state index >= 15 is 0 Å². The van der Waals surface area contributed by atoms with Gasteiger partial charge in [-0.15, -0.1) is 0 Å². The predicted molar refractivity (Wildman–Crippen MR) is 114 cm³/mol. The zero-order valence-electron chi connectivity index (χ0n) is 16.3. The minimum absolute atomic E-state index is 0.201. The molecule has 6 atom stereocenters. The van der Waals surface area contributed by atoms with Crippen molar-refractivity contribution in [2.24, 2.45) is 5.11 Å². The van der Waals surface area contributed by atoms with Gasteiger partial charge in [0, 0.05) is 0 Å². The van der Waals surface area contributed by atoms with Crippen molar-refractivity contribution in [3.8, 4) is 0 Å². The van der Waals surface area contributed by atoms with Gasteiger partial charge in [0.25, 0.3) is 0 Å². The SMILES string of the molecule is [N-]=[N+]=N[C@@H]1[C@@H](OC(=O)CCl)[C@H]2O[C@@H](c3ccccc3)OC[C@H]2O[C@@H]1[Se]c1ccccc1. The molecule has 0 spiro atoms. The number of alkyl halides is 1. The van der Waals surface area contributed by atoms with Gasteiger partial charge in [0.1, 0.15) is 0 Å². The summed E-state index contributed by atoms with van der Waals surface area (Å²) < 4.78 is 25.0. The molecule has 31 heavy (non-hydrogen) atoms. The molecular formula is C21H20ClN3O5Se. The van der Waals surface area contributed by atoms with Crippen LogP contribution in [-0.4, -0.2) is 62.8 Å². The Morgan fingerprint density at radius 1 is 1.16 bits per heavy atom. The maximum atomic E-state index is 12.1.